The zero-order valence-corrected chi connectivity index (χ0v) is 18.1. The van der Waals surface area contributed by atoms with Crippen molar-refractivity contribution in [2.45, 2.75) is 32.9 Å². The molecule has 0 saturated carbocycles. The highest BCUT2D eigenvalue weighted by Gasteiger charge is 2.25. The second-order valence-corrected chi connectivity index (χ2v) is 8.38. The Bertz CT molecular complexity index is 1360. The van der Waals surface area contributed by atoms with Gasteiger partial charge in [0.1, 0.15) is 5.65 Å². The molecule has 7 nitrogen and oxygen atoms in total. The molecule has 32 heavy (non-hydrogen) atoms. The number of carbonyl (C=O) groups excluding carboxylic acids is 1. The van der Waals surface area contributed by atoms with E-state index in [1.54, 1.807) is 16.7 Å². The number of piperazine rings is 1. The number of aromatic nitrogens is 3. The van der Waals surface area contributed by atoms with Crippen LogP contribution in [0.15, 0.2) is 30.5 Å². The van der Waals surface area contributed by atoms with Gasteiger partial charge in [0.05, 0.1) is 16.6 Å². The number of pyridine rings is 2. The quantitative estimate of drug-likeness (QED) is 0.514. The molecule has 2 N–H and O–H groups in total. The Kier molecular flexibility index (Phi) is 4.93. The normalized spacial score (nSPS) is 19.2. The van der Waals surface area contributed by atoms with Gasteiger partial charge in [0.15, 0.2) is 17.3 Å². The van der Waals surface area contributed by atoms with Crippen LogP contribution in [0.1, 0.15) is 31.1 Å². The maximum absolute atomic E-state index is 14.2. The number of hydrogen-bond acceptors (Lipinski definition) is 5. The summed E-state index contributed by atoms with van der Waals surface area (Å²) in [7, 11) is 0. The lowest BCUT2D eigenvalue weighted by Crippen LogP contribution is -2.54. The lowest BCUT2D eigenvalue weighted by atomic mass is 10.1. The molecule has 1 aromatic carbocycles. The molecule has 166 valence electrons. The van der Waals surface area contributed by atoms with Crippen LogP contribution in [0.5, 0.6) is 0 Å². The molecule has 0 bridgehead atoms. The van der Waals surface area contributed by atoms with Crippen molar-refractivity contribution in [3.05, 3.63) is 47.7 Å². The number of benzene rings is 1. The molecule has 1 saturated heterocycles. The van der Waals surface area contributed by atoms with Gasteiger partial charge in [0.25, 0.3) is 5.91 Å². The first kappa shape index (κ1) is 20.6. The maximum Gasteiger partial charge on any atom is 0.255 e. The van der Waals surface area contributed by atoms with Gasteiger partial charge in [-0.25, -0.2) is 18.7 Å². The Morgan fingerprint density at radius 2 is 1.88 bits per heavy atom. The number of carbonyl (C=O) groups is 1. The molecular formula is C23H24F2N6O. The van der Waals surface area contributed by atoms with Gasteiger partial charge in [-0.1, -0.05) is 0 Å². The van der Waals surface area contributed by atoms with Crippen LogP contribution >= 0.6 is 0 Å². The standard InChI is InChI=1S/C23H24F2N6O/c1-4-26-23(32)15-7-14-19(30-10-12(2)28-13(3)11-30)5-6-27-21(14)31-20-9-17(25)16(24)8-18(20)29-22(15)31/h5-9,12-13,28H,4,10-11H2,1-3H3,(H,26,32)/t12-,13+. The summed E-state index contributed by atoms with van der Waals surface area (Å²) in [5.41, 5.74) is 2.75. The highest BCUT2D eigenvalue weighted by atomic mass is 19.2. The molecule has 4 heterocycles. The van der Waals surface area contributed by atoms with Crippen LogP contribution < -0.4 is 15.5 Å². The number of rotatable bonds is 3. The van der Waals surface area contributed by atoms with E-state index >= 15 is 0 Å². The molecule has 9 heteroatoms. The Morgan fingerprint density at radius 3 is 2.59 bits per heavy atom. The van der Waals surface area contributed by atoms with Crippen molar-refractivity contribution in [2.75, 3.05) is 24.5 Å². The largest absolute Gasteiger partial charge is 0.368 e. The van der Waals surface area contributed by atoms with Crippen LogP contribution in [0.3, 0.4) is 0 Å². The van der Waals surface area contributed by atoms with E-state index in [0.717, 1.165) is 36.3 Å². The summed E-state index contributed by atoms with van der Waals surface area (Å²) in [5.74, 6) is -2.26. The first-order valence-electron chi connectivity index (χ1n) is 10.8. The minimum Gasteiger partial charge on any atom is -0.368 e. The third-order valence-corrected chi connectivity index (χ3v) is 5.86. The molecule has 1 aliphatic heterocycles. The van der Waals surface area contributed by atoms with E-state index in [9.17, 15) is 13.6 Å². The Morgan fingerprint density at radius 1 is 1.16 bits per heavy atom. The molecule has 0 radical (unpaired) electrons. The second kappa shape index (κ2) is 7.67. The average Bonchev–Trinajstić information content (AvgIpc) is 3.10. The number of nitrogens with zero attached hydrogens (tertiary/aromatic N) is 4. The van der Waals surface area contributed by atoms with E-state index in [4.69, 9.17) is 0 Å². The van der Waals surface area contributed by atoms with E-state index in [-0.39, 0.29) is 11.4 Å². The van der Waals surface area contributed by atoms with Crippen LogP contribution in [0.2, 0.25) is 0 Å². The third kappa shape index (κ3) is 3.24. The van der Waals surface area contributed by atoms with Crippen LogP contribution in [0.4, 0.5) is 14.5 Å². The SMILES string of the molecule is CCNC(=O)c1cc2c(N3C[C@@H](C)N[C@@H](C)C3)ccnc2n2c1nc1cc(F)c(F)cc12. The summed E-state index contributed by atoms with van der Waals surface area (Å²) in [5, 5.41) is 7.09. The molecule has 1 amide bonds. The fourth-order valence-corrected chi connectivity index (χ4v) is 4.67. The Labute approximate surface area is 183 Å². The van der Waals surface area contributed by atoms with Gasteiger partial charge >= 0.3 is 0 Å². The summed E-state index contributed by atoms with van der Waals surface area (Å²) < 4.78 is 29.7. The van der Waals surface area contributed by atoms with Crippen molar-refractivity contribution < 1.29 is 13.6 Å². The molecular weight excluding hydrogens is 414 g/mol. The van der Waals surface area contributed by atoms with Crippen molar-refractivity contribution in [3.63, 3.8) is 0 Å². The summed E-state index contributed by atoms with van der Waals surface area (Å²) in [6.45, 7) is 8.12. The number of fused-ring (bicyclic) bond motifs is 5. The number of anilines is 1. The van der Waals surface area contributed by atoms with Gasteiger partial charge in [0, 0.05) is 61.1 Å². The van der Waals surface area contributed by atoms with Crippen molar-refractivity contribution in [2.24, 2.45) is 0 Å². The topological polar surface area (TPSA) is 74.6 Å². The fraction of sp³-hybridized carbons (Fsp3) is 0.348. The lowest BCUT2D eigenvalue weighted by molar-refractivity contribution is 0.0957. The summed E-state index contributed by atoms with van der Waals surface area (Å²) in [6, 6.07) is 6.46. The van der Waals surface area contributed by atoms with E-state index < -0.39 is 11.6 Å². The van der Waals surface area contributed by atoms with Crippen LogP contribution in [-0.4, -0.2) is 52.0 Å². The first-order chi connectivity index (χ1) is 15.4. The van der Waals surface area contributed by atoms with Gasteiger partial charge in [-0.2, -0.15) is 0 Å². The van der Waals surface area contributed by atoms with Gasteiger partial charge in [-0.3, -0.25) is 9.20 Å². The first-order valence-corrected chi connectivity index (χ1v) is 10.8. The van der Waals surface area contributed by atoms with E-state index in [1.807, 2.05) is 13.0 Å². The predicted octanol–water partition coefficient (Wildman–Crippen LogP) is 3.25. The smallest absolute Gasteiger partial charge is 0.255 e. The summed E-state index contributed by atoms with van der Waals surface area (Å²) in [4.78, 5) is 24.2. The van der Waals surface area contributed by atoms with Gasteiger partial charge < -0.3 is 15.5 Å². The van der Waals surface area contributed by atoms with E-state index in [0.29, 0.717) is 41.0 Å². The predicted molar refractivity (Wildman–Crippen MR) is 120 cm³/mol. The minimum atomic E-state index is -0.984. The monoisotopic (exact) mass is 438 g/mol. The minimum absolute atomic E-state index is 0.263. The average molecular weight is 438 g/mol. The van der Waals surface area contributed by atoms with Crippen molar-refractivity contribution >= 4 is 39.3 Å². The number of hydrogen-bond donors (Lipinski definition) is 2. The van der Waals surface area contributed by atoms with Crippen molar-refractivity contribution in [1.82, 2.24) is 25.0 Å². The maximum atomic E-state index is 14.2. The van der Waals surface area contributed by atoms with Gasteiger partial charge in [0.2, 0.25) is 0 Å². The van der Waals surface area contributed by atoms with Gasteiger partial charge in [-0.15, -0.1) is 0 Å². The zero-order chi connectivity index (χ0) is 22.6. The number of halogens is 2. The third-order valence-electron chi connectivity index (χ3n) is 5.86. The Balaban J connectivity index is 1.86. The molecule has 1 aliphatic rings. The molecule has 5 rings (SSSR count). The number of amides is 1. The second-order valence-electron chi connectivity index (χ2n) is 8.38. The zero-order valence-electron chi connectivity index (χ0n) is 18.1. The molecule has 2 atom stereocenters. The van der Waals surface area contributed by atoms with E-state index in [2.05, 4.69) is 39.3 Å². The fourth-order valence-electron chi connectivity index (χ4n) is 4.67. The lowest BCUT2D eigenvalue weighted by Gasteiger charge is -2.38. The van der Waals surface area contributed by atoms with Crippen molar-refractivity contribution in [1.29, 1.82) is 0 Å². The van der Waals surface area contributed by atoms with Crippen molar-refractivity contribution in [3.8, 4) is 0 Å². The summed E-state index contributed by atoms with van der Waals surface area (Å²) >= 11 is 0. The number of imidazole rings is 1. The molecule has 0 unspecified atom stereocenters. The van der Waals surface area contributed by atoms with Crippen LogP contribution in [0.25, 0.3) is 27.7 Å². The highest BCUT2D eigenvalue weighted by Crippen LogP contribution is 2.32. The van der Waals surface area contributed by atoms with Crippen LogP contribution in [0, 0.1) is 11.6 Å². The molecule has 0 spiro atoms. The Hall–Kier alpha value is -3.33. The van der Waals surface area contributed by atoms with E-state index in [1.165, 1.54) is 0 Å². The molecule has 0 aliphatic carbocycles. The van der Waals surface area contributed by atoms with Gasteiger partial charge in [-0.05, 0) is 32.9 Å². The highest BCUT2D eigenvalue weighted by molar-refractivity contribution is 6.07. The summed E-state index contributed by atoms with van der Waals surface area (Å²) in [6.07, 6.45) is 1.70. The number of nitrogens with one attached hydrogen (secondary N) is 2. The molecule has 1 fully saturated rings. The molecule has 4 aromatic rings. The molecule has 3 aromatic heterocycles. The van der Waals surface area contributed by atoms with Crippen LogP contribution in [-0.2, 0) is 0 Å².